The topological polar surface area (TPSA) is 281 Å². The minimum Gasteiger partial charge on any atom is -0.461 e. The molecule has 22 atom stereocenters. The predicted octanol–water partition coefficient (Wildman–Crippen LogP) is 7.42. The van der Waals surface area contributed by atoms with Crippen LogP contribution in [0, 0.1) is 47.2 Å². The number of hydrogen-bond acceptors (Lipinski definition) is 22. The molecular weight excluding hydrogens is 1170 g/mol. The van der Waals surface area contributed by atoms with Gasteiger partial charge in [0.2, 0.25) is 0 Å². The molecule has 0 aliphatic carbocycles. The highest BCUT2D eigenvalue weighted by Gasteiger charge is 2.53. The second-order valence-electron chi connectivity index (χ2n) is 26.2. The molecule has 0 bridgehead atoms. The monoisotopic (exact) mass is 1280 g/mol. The van der Waals surface area contributed by atoms with E-state index in [1.165, 1.54) is 28.3 Å². The molecule has 0 radical (unpaired) electrons. The second-order valence-corrected chi connectivity index (χ2v) is 28.3. The van der Waals surface area contributed by atoms with E-state index in [1.54, 1.807) is 69.2 Å². The van der Waals surface area contributed by atoms with Gasteiger partial charge in [0.05, 0.1) is 65.3 Å². The number of esters is 2. The molecule has 5 rings (SSSR count). The summed E-state index contributed by atoms with van der Waals surface area (Å²) in [5.74, 6) is -9.28. The number of oxime groups is 1. The number of likely N-dealkylation sites (N-methyl/N-ethyl adjacent to an activating group) is 1. The molecule has 0 spiro atoms. The summed E-state index contributed by atoms with van der Waals surface area (Å²) in [6.45, 7) is 26.4. The minimum atomic E-state index is -3.96. The molecule has 4 aliphatic rings. The van der Waals surface area contributed by atoms with Gasteiger partial charge in [-0.25, -0.2) is 17.6 Å². The summed E-state index contributed by atoms with van der Waals surface area (Å²) >= 11 is 0. The van der Waals surface area contributed by atoms with Crippen LogP contribution in [0.5, 0.6) is 0 Å². The molecule has 0 aromatic heterocycles. The number of hydrogen-bond donors (Lipinski definition) is 3. The quantitative estimate of drug-likeness (QED) is 0.0495. The molecule has 4 fully saturated rings. The minimum absolute atomic E-state index is 0. The summed E-state index contributed by atoms with van der Waals surface area (Å²) in [7, 11) is 2.24. The average Bonchev–Trinajstić information content (AvgIpc) is 1.94. The third-order valence-corrected chi connectivity index (χ3v) is 19.3. The number of halogens is 1. The Bertz CT molecular complexity index is 2550. The number of sulfone groups is 1. The van der Waals surface area contributed by atoms with Crippen molar-refractivity contribution >= 4 is 39.4 Å². The van der Waals surface area contributed by atoms with Crippen LogP contribution in [0.25, 0.3) is 0 Å². The molecule has 25 heteroatoms. The van der Waals surface area contributed by atoms with Gasteiger partial charge >= 0.3 is 18.0 Å². The standard InChI is InChI=1S/C62H102FN3O20S.CH4/c1-32(2)26-46(67)82-52-39(9)51(34(4)31-78-59-55(76-18)54(75-17)48(68)42(12)81-59)84-57(71)41(11)53(83-47-27-35(5)66(16)30-37(7)79-47)38(8)50(85-58-49(69)45(65-77-19)28-36(6)80-58)33(3)29-62(15,56(70)40(52)10)86-60(72)64-61(13,14)24-25-87(73,74)44-22-20-43(63)21-23-44;/h20-23,32-42,47-55,58-59,68-69H,24-31H2,1-19H3,(H,64,72);1H4/b65-45+;/t33-,34-,35?,36+,37-,38+,39-,40+,41+,42+,47-,48+,49+,50-,51+,52+,53-,54+,55+,58-,59+,62-;/m0./s1. The second kappa shape index (κ2) is 33.0. The fraction of sp³-hybridized carbons (Fsp3) is 0.825. The van der Waals surface area contributed by atoms with Crippen molar-refractivity contribution in [2.45, 2.75) is 251 Å². The molecule has 3 N–H and O–H groups in total. The number of aliphatic hydroxyl groups excluding tert-OH is 2. The summed E-state index contributed by atoms with van der Waals surface area (Å²) in [5.41, 5.74) is -3.18. The number of ketones is 1. The molecule has 1 aromatic carbocycles. The van der Waals surface area contributed by atoms with Crippen LogP contribution < -0.4 is 5.32 Å². The Morgan fingerprint density at radius 2 is 1.49 bits per heavy atom. The molecule has 4 aliphatic heterocycles. The Morgan fingerprint density at radius 3 is 2.09 bits per heavy atom. The Hall–Kier alpha value is -3.99. The summed E-state index contributed by atoms with van der Waals surface area (Å²) in [6, 6.07) is 4.38. The lowest BCUT2D eigenvalue weighted by atomic mass is 9.74. The lowest BCUT2D eigenvalue weighted by Crippen LogP contribution is -2.59. The Kier molecular flexibility index (Phi) is 28.7. The van der Waals surface area contributed by atoms with Crippen molar-refractivity contribution in [2.24, 2.45) is 46.6 Å². The van der Waals surface area contributed by atoms with Crippen molar-refractivity contribution in [3.63, 3.8) is 0 Å². The van der Waals surface area contributed by atoms with Gasteiger partial charge in [0.15, 0.2) is 40.1 Å². The number of carbonyl (C=O) groups excluding carboxylic acids is 4. The first-order valence-corrected chi connectivity index (χ1v) is 32.3. The van der Waals surface area contributed by atoms with Crippen molar-refractivity contribution in [3.8, 4) is 0 Å². The molecule has 0 saturated carbocycles. The first kappa shape index (κ1) is 76.5. The van der Waals surface area contributed by atoms with E-state index in [-0.39, 0.29) is 68.4 Å². The number of amides is 1. The van der Waals surface area contributed by atoms with Crippen molar-refractivity contribution < 1.29 is 99.1 Å². The van der Waals surface area contributed by atoms with E-state index < -0.39 is 172 Å². The number of methoxy groups -OCH3 is 2. The zero-order valence-corrected chi connectivity index (χ0v) is 55.4. The van der Waals surface area contributed by atoms with Gasteiger partial charge in [0, 0.05) is 69.4 Å². The third kappa shape index (κ3) is 20.0. The molecule has 4 heterocycles. The predicted molar refractivity (Wildman–Crippen MR) is 324 cm³/mol. The fourth-order valence-corrected chi connectivity index (χ4v) is 14.0. The zero-order chi connectivity index (χ0) is 65.2. The maximum absolute atomic E-state index is 16.0. The number of alkyl carbamates (subject to hydrolysis) is 1. The van der Waals surface area contributed by atoms with Crippen LogP contribution in [-0.2, 0) is 81.2 Å². The molecule has 1 amide bonds. The van der Waals surface area contributed by atoms with Crippen molar-refractivity contribution in [3.05, 3.63) is 30.1 Å². The van der Waals surface area contributed by atoms with E-state index in [4.69, 9.17) is 56.9 Å². The number of rotatable bonds is 20. The number of nitrogens with zero attached hydrogens (tertiary/aromatic N) is 2. The van der Waals surface area contributed by atoms with Gasteiger partial charge in [-0.15, -0.1) is 0 Å². The number of cyclic esters (lactones) is 1. The van der Waals surface area contributed by atoms with E-state index in [9.17, 15) is 32.6 Å². The number of aliphatic hydroxyl groups is 2. The Morgan fingerprint density at radius 1 is 0.852 bits per heavy atom. The SMILES string of the molecule is C.CO/N=C1\C[C@@H](C)O[C@@H](O[C@@H]2[C@@H](C)[C@H](O[C@H]3CC(C)N(C)C[C@H](C)O3)[C@@H](C)C(=O)O[C@H]([C@@H](C)CO[C@@H]3O[C@H](C)[C@@H](O)[C@@H](OC)[C@H]3OC)[C@H](C)[C@@H](OC(=O)CC(C)C)[C@@H](C)C(=O)[C@@](C)(OC(=O)NC(C)(C)CCS(=O)(=O)c3ccc(F)cc3)C[C@@H]2C)[C@@H]1O. The van der Waals surface area contributed by atoms with Crippen LogP contribution in [0.1, 0.15) is 143 Å². The van der Waals surface area contributed by atoms with Crippen LogP contribution in [0.2, 0.25) is 0 Å². The van der Waals surface area contributed by atoms with E-state index in [1.807, 2.05) is 34.7 Å². The van der Waals surface area contributed by atoms with E-state index in [2.05, 4.69) is 15.4 Å². The van der Waals surface area contributed by atoms with Crippen molar-refractivity contribution in [1.29, 1.82) is 0 Å². The number of ether oxygens (including phenoxy) is 11. The normalized spacial score (nSPS) is 36.9. The zero-order valence-electron chi connectivity index (χ0n) is 54.6. The van der Waals surface area contributed by atoms with Gasteiger partial charge in [0.1, 0.15) is 49.6 Å². The van der Waals surface area contributed by atoms with Gasteiger partial charge in [-0.2, -0.15) is 0 Å². The summed E-state index contributed by atoms with van der Waals surface area (Å²) in [6.07, 6.45) is -15.0. The van der Waals surface area contributed by atoms with Gasteiger partial charge in [0.25, 0.3) is 0 Å². The first-order valence-electron chi connectivity index (χ1n) is 30.6. The van der Waals surface area contributed by atoms with Crippen molar-refractivity contribution in [1.82, 2.24) is 10.2 Å². The van der Waals surface area contributed by atoms with Crippen LogP contribution in [0.3, 0.4) is 0 Å². The lowest BCUT2D eigenvalue weighted by Gasteiger charge is -2.45. The molecular formula is C63H106FN3O20S. The summed E-state index contributed by atoms with van der Waals surface area (Å²) in [5, 5.41) is 29.7. The van der Waals surface area contributed by atoms with Gasteiger partial charge in [-0.1, -0.05) is 61.0 Å². The third-order valence-electron chi connectivity index (χ3n) is 17.5. The van der Waals surface area contributed by atoms with Crippen LogP contribution >= 0.6 is 0 Å². The van der Waals surface area contributed by atoms with E-state index in [0.717, 1.165) is 24.3 Å². The van der Waals surface area contributed by atoms with Crippen LogP contribution in [0.4, 0.5) is 9.18 Å². The number of benzene rings is 1. The molecule has 1 unspecified atom stereocenters. The Balaban J connectivity index is 0.0000166. The molecule has 506 valence electrons. The summed E-state index contributed by atoms with van der Waals surface area (Å²) in [4.78, 5) is 67.5. The number of Topliss-reactive ketones (excluding diaryl/α,β-unsaturated/α-hetero) is 1. The highest BCUT2D eigenvalue weighted by atomic mass is 32.2. The van der Waals surface area contributed by atoms with E-state index in [0.29, 0.717) is 13.0 Å². The lowest BCUT2D eigenvalue weighted by molar-refractivity contribution is -0.305. The highest BCUT2D eigenvalue weighted by Crippen LogP contribution is 2.41. The Labute approximate surface area is 522 Å². The molecule has 88 heavy (non-hydrogen) atoms. The molecule has 23 nitrogen and oxygen atoms in total. The number of carbonyl (C=O) groups is 4. The number of nitrogens with one attached hydrogen (secondary N) is 1. The highest BCUT2D eigenvalue weighted by molar-refractivity contribution is 7.91. The van der Waals surface area contributed by atoms with Gasteiger partial charge in [-0.05, 0) is 111 Å². The fourth-order valence-electron chi connectivity index (χ4n) is 12.5. The van der Waals surface area contributed by atoms with E-state index >= 15 is 9.59 Å². The summed E-state index contributed by atoms with van der Waals surface area (Å²) < 4.78 is 111. The first-order chi connectivity index (χ1) is 40.6. The maximum atomic E-state index is 16.0. The molecule has 4 saturated heterocycles. The molecule has 1 aromatic rings. The largest absolute Gasteiger partial charge is 0.461 e. The van der Waals surface area contributed by atoms with Crippen molar-refractivity contribution in [2.75, 3.05) is 47.3 Å². The maximum Gasteiger partial charge on any atom is 0.408 e. The smallest absolute Gasteiger partial charge is 0.408 e. The van der Waals surface area contributed by atoms with Gasteiger partial charge in [-0.3, -0.25) is 14.4 Å². The van der Waals surface area contributed by atoms with Crippen LogP contribution in [-0.4, -0.2) is 204 Å². The average molecular weight is 1280 g/mol. The van der Waals surface area contributed by atoms with Crippen LogP contribution in [0.15, 0.2) is 34.3 Å². The van der Waals surface area contributed by atoms with Gasteiger partial charge < -0.3 is 77.4 Å².